The molecular weight excluding hydrogens is 287 g/mol. The third kappa shape index (κ3) is 3.69. The van der Waals surface area contributed by atoms with Gasteiger partial charge in [-0.25, -0.2) is 0 Å². The van der Waals surface area contributed by atoms with Gasteiger partial charge in [-0.05, 0) is 0 Å². The molecule has 0 atom stereocenters. The van der Waals surface area contributed by atoms with Crippen molar-refractivity contribution < 1.29 is 4.79 Å². The van der Waals surface area contributed by atoms with Crippen LogP contribution in [-0.4, -0.2) is 19.6 Å². The number of allylic oxidation sites excluding steroid dienone is 1. The zero-order valence-electron chi connectivity index (χ0n) is 10.2. The van der Waals surface area contributed by atoms with E-state index in [9.17, 15) is 4.79 Å². The molecule has 0 aliphatic rings. The molecule has 2 rings (SSSR count). The molecule has 0 aromatic heterocycles. The van der Waals surface area contributed by atoms with Crippen LogP contribution in [0.5, 0.6) is 0 Å². The third-order valence-electron chi connectivity index (χ3n) is 2.46. The fraction of sp³-hybridized carbons (Fsp3) is 0.0625. The second kappa shape index (κ2) is 6.34. The van der Waals surface area contributed by atoms with Gasteiger partial charge in [-0.15, -0.1) is 0 Å². The molecule has 0 amide bonds. The number of carbonyl (C=O) groups excluding carboxylic acids is 1. The van der Waals surface area contributed by atoms with Gasteiger partial charge >= 0.3 is 114 Å². The predicted octanol–water partition coefficient (Wildman–Crippen LogP) is 2.65. The summed E-state index contributed by atoms with van der Waals surface area (Å²) < 4.78 is 1.35. The summed E-state index contributed by atoms with van der Waals surface area (Å²) in [4.78, 5) is 12.1. The van der Waals surface area contributed by atoms with Crippen molar-refractivity contribution in [2.45, 2.75) is 6.92 Å². The first kappa shape index (κ1) is 12.8. The zero-order valence-corrected chi connectivity index (χ0v) is 11.9. The van der Waals surface area contributed by atoms with E-state index in [1.54, 1.807) is 0 Å². The van der Waals surface area contributed by atoms with E-state index >= 15 is 0 Å². The molecule has 2 aromatic carbocycles. The molecule has 90 valence electrons. The van der Waals surface area contributed by atoms with E-state index in [1.807, 2.05) is 73.7 Å². The van der Waals surface area contributed by atoms with Crippen molar-refractivity contribution in [3.8, 4) is 0 Å². The van der Waals surface area contributed by atoms with Gasteiger partial charge in [-0.1, -0.05) is 0 Å². The molecule has 0 N–H and O–H groups in total. The second-order valence-corrected chi connectivity index (χ2v) is 6.14. The van der Waals surface area contributed by atoms with Crippen molar-refractivity contribution >= 4 is 30.2 Å². The standard InChI is InChI=1S/C16H14OSe/c1-13(12-14-8-4-2-5-9-14)16(17)18-15-10-6-3-7-11-15/h2-12H,1H3/b13-12+. The van der Waals surface area contributed by atoms with Crippen molar-refractivity contribution in [1.82, 2.24) is 0 Å². The van der Waals surface area contributed by atoms with Crippen molar-refractivity contribution in [3.05, 3.63) is 71.8 Å². The summed E-state index contributed by atoms with van der Waals surface area (Å²) in [5.74, 6) is 0. The Morgan fingerprint density at radius 3 is 2.11 bits per heavy atom. The number of hydrogen-bond donors (Lipinski definition) is 0. The molecule has 0 saturated heterocycles. The van der Waals surface area contributed by atoms with Gasteiger partial charge in [0.2, 0.25) is 0 Å². The Hall–Kier alpha value is -1.63. The second-order valence-electron chi connectivity index (χ2n) is 3.94. The Bertz CT molecular complexity index is 544. The van der Waals surface area contributed by atoms with E-state index in [4.69, 9.17) is 0 Å². The Labute approximate surface area is 114 Å². The van der Waals surface area contributed by atoms with E-state index in [2.05, 4.69) is 0 Å². The molecule has 18 heavy (non-hydrogen) atoms. The molecule has 0 heterocycles. The molecule has 0 fully saturated rings. The summed E-state index contributed by atoms with van der Waals surface area (Å²) in [6.45, 7) is 1.89. The molecule has 0 radical (unpaired) electrons. The Morgan fingerprint density at radius 2 is 1.50 bits per heavy atom. The predicted molar refractivity (Wildman–Crippen MR) is 76.9 cm³/mol. The molecule has 2 heteroatoms. The van der Waals surface area contributed by atoms with E-state index in [0.29, 0.717) is 0 Å². The van der Waals surface area contributed by atoms with E-state index in [1.165, 1.54) is 0 Å². The first-order valence-corrected chi connectivity index (χ1v) is 7.47. The van der Waals surface area contributed by atoms with Crippen molar-refractivity contribution in [1.29, 1.82) is 0 Å². The van der Waals surface area contributed by atoms with E-state index < -0.39 is 0 Å². The fourth-order valence-electron chi connectivity index (χ4n) is 1.53. The molecular formula is C16H14OSe. The van der Waals surface area contributed by atoms with Crippen LogP contribution in [0.25, 0.3) is 6.08 Å². The van der Waals surface area contributed by atoms with Crippen LogP contribution in [0, 0.1) is 0 Å². The van der Waals surface area contributed by atoms with Gasteiger partial charge in [0.25, 0.3) is 0 Å². The van der Waals surface area contributed by atoms with E-state index in [0.717, 1.165) is 15.6 Å². The fourth-order valence-corrected chi connectivity index (χ4v) is 3.06. The normalized spacial score (nSPS) is 11.3. The van der Waals surface area contributed by atoms with Gasteiger partial charge in [0.15, 0.2) is 0 Å². The SMILES string of the molecule is C/C(=C\c1ccccc1)C(=O)[Se]c1ccccc1. The van der Waals surface area contributed by atoms with Gasteiger partial charge in [-0.2, -0.15) is 0 Å². The minimum atomic E-state index is -0.128. The molecule has 0 aliphatic heterocycles. The third-order valence-corrected chi connectivity index (χ3v) is 4.59. The molecule has 2 aromatic rings. The maximum atomic E-state index is 12.1. The average molecular weight is 301 g/mol. The number of carbonyl (C=O) groups is 1. The summed E-state index contributed by atoms with van der Waals surface area (Å²) >= 11 is -0.128. The average Bonchev–Trinajstić information content (AvgIpc) is 2.41. The van der Waals surface area contributed by atoms with Crippen LogP contribution in [0.4, 0.5) is 0 Å². The summed E-state index contributed by atoms with van der Waals surface area (Å²) in [6, 6.07) is 19.9. The first-order valence-electron chi connectivity index (χ1n) is 5.76. The van der Waals surface area contributed by atoms with Gasteiger partial charge in [-0.3, -0.25) is 0 Å². The van der Waals surface area contributed by atoms with Crippen LogP contribution in [0.2, 0.25) is 0 Å². The van der Waals surface area contributed by atoms with Crippen LogP contribution in [0.15, 0.2) is 66.2 Å². The van der Waals surface area contributed by atoms with E-state index in [-0.39, 0.29) is 19.6 Å². The number of hydrogen-bond acceptors (Lipinski definition) is 1. The molecule has 0 saturated carbocycles. The Kier molecular flexibility index (Phi) is 4.52. The first-order chi connectivity index (χ1) is 8.75. The quantitative estimate of drug-likeness (QED) is 0.627. The summed E-state index contributed by atoms with van der Waals surface area (Å²) in [6.07, 6.45) is 1.95. The monoisotopic (exact) mass is 302 g/mol. The van der Waals surface area contributed by atoms with Gasteiger partial charge < -0.3 is 0 Å². The van der Waals surface area contributed by atoms with Crippen LogP contribution in [0.3, 0.4) is 0 Å². The molecule has 1 nitrogen and oxygen atoms in total. The summed E-state index contributed by atoms with van der Waals surface area (Å²) in [5.41, 5.74) is 1.90. The minimum absolute atomic E-state index is 0.128. The van der Waals surface area contributed by atoms with Crippen LogP contribution < -0.4 is 4.46 Å². The molecule has 0 spiro atoms. The summed E-state index contributed by atoms with van der Waals surface area (Å²) in [7, 11) is 0. The zero-order chi connectivity index (χ0) is 12.8. The number of rotatable bonds is 4. The number of benzene rings is 2. The van der Waals surface area contributed by atoms with Crippen LogP contribution in [0.1, 0.15) is 12.5 Å². The molecule has 0 unspecified atom stereocenters. The topological polar surface area (TPSA) is 17.1 Å². The van der Waals surface area contributed by atoms with Gasteiger partial charge in [0, 0.05) is 0 Å². The van der Waals surface area contributed by atoms with Gasteiger partial charge in [0.1, 0.15) is 0 Å². The van der Waals surface area contributed by atoms with Gasteiger partial charge in [0.05, 0.1) is 0 Å². The summed E-state index contributed by atoms with van der Waals surface area (Å²) in [5, 5.41) is 0. The maximum absolute atomic E-state index is 12.1. The molecule has 0 aliphatic carbocycles. The van der Waals surface area contributed by atoms with Crippen molar-refractivity contribution in [3.63, 3.8) is 0 Å². The van der Waals surface area contributed by atoms with Crippen LogP contribution >= 0.6 is 0 Å². The Morgan fingerprint density at radius 1 is 0.944 bits per heavy atom. The van der Waals surface area contributed by atoms with Crippen LogP contribution in [-0.2, 0) is 4.79 Å². The van der Waals surface area contributed by atoms with Crippen molar-refractivity contribution in [2.75, 3.05) is 0 Å². The Balaban J connectivity index is 2.08. The molecule has 0 bridgehead atoms. The van der Waals surface area contributed by atoms with Crippen molar-refractivity contribution in [2.24, 2.45) is 0 Å².